The molecule has 0 bridgehead atoms. The molecule has 0 aromatic heterocycles. The van der Waals surface area contributed by atoms with Crippen molar-refractivity contribution in [1.29, 1.82) is 0 Å². The van der Waals surface area contributed by atoms with Gasteiger partial charge in [0.2, 0.25) is 0 Å². The Labute approximate surface area is 232 Å². The third-order valence-electron chi connectivity index (χ3n) is 4.97. The van der Waals surface area contributed by atoms with Gasteiger partial charge in [-0.3, -0.25) is 9.59 Å². The van der Waals surface area contributed by atoms with Crippen molar-refractivity contribution in [2.24, 2.45) is 0 Å². The van der Waals surface area contributed by atoms with E-state index in [-0.39, 0.29) is 64.6 Å². The summed E-state index contributed by atoms with van der Waals surface area (Å²) in [5, 5.41) is -2.04. The zero-order valence-electron chi connectivity index (χ0n) is 19.9. The van der Waals surface area contributed by atoms with Crippen LogP contribution in [0.2, 0.25) is 0 Å². The average Bonchev–Trinajstić information content (AvgIpc) is 2.69. The van der Waals surface area contributed by atoms with Gasteiger partial charge in [-0.25, -0.2) is 8.42 Å². The summed E-state index contributed by atoms with van der Waals surface area (Å²) in [4.78, 5) is 23.8. The van der Waals surface area contributed by atoms with Gasteiger partial charge in [-0.15, -0.1) is 0 Å². The maximum Gasteiger partial charge on any atom is 1.00 e. The van der Waals surface area contributed by atoms with E-state index >= 15 is 0 Å². The van der Waals surface area contributed by atoms with Gasteiger partial charge in [0.1, 0.15) is 10.1 Å². The summed E-state index contributed by atoms with van der Waals surface area (Å²) in [5.41, 5.74) is 0. The maximum atomic E-state index is 12.0. The molecule has 0 aliphatic carbocycles. The van der Waals surface area contributed by atoms with Crippen LogP contribution in [-0.4, -0.2) is 43.4 Å². The Morgan fingerprint density at radius 2 is 1.10 bits per heavy atom. The Hall–Kier alpha value is 0.486. The fourth-order valence-corrected chi connectivity index (χ4v) is 3.73. The quantitative estimate of drug-likeness (QED) is 0.111. The first-order valence-electron chi connectivity index (χ1n) is 11.6. The van der Waals surface area contributed by atoms with Crippen molar-refractivity contribution in [3.05, 3.63) is 0 Å². The van der Waals surface area contributed by atoms with E-state index < -0.39 is 33.7 Å². The van der Waals surface area contributed by atoms with Crippen LogP contribution in [0.4, 0.5) is 0 Å². The molecule has 0 N–H and O–H groups in total. The largest absolute Gasteiger partial charge is 1.00 e. The first kappa shape index (κ1) is 33.7. The number of unbranched alkanes of at least 4 members (excludes halogenated alkanes) is 12. The standard InChI is InChI=1S/C22H42O7S.K/c1-3-5-7-9-11-13-15-17-28-21(23)19-20(30(25,26)27)22(24)29-18-16-14-12-10-8-6-4-2;/h20H,3-19H2,1-2H3,(H,25,26,27);/q;+1/p-1. The molecule has 0 aromatic carbocycles. The van der Waals surface area contributed by atoms with Gasteiger partial charge in [0.15, 0.2) is 5.25 Å². The van der Waals surface area contributed by atoms with Crippen LogP contribution in [0, 0.1) is 0 Å². The van der Waals surface area contributed by atoms with Crippen molar-refractivity contribution in [1.82, 2.24) is 0 Å². The molecule has 0 heterocycles. The van der Waals surface area contributed by atoms with Gasteiger partial charge in [-0.2, -0.15) is 0 Å². The first-order valence-corrected chi connectivity index (χ1v) is 13.1. The predicted molar refractivity (Wildman–Crippen MR) is 116 cm³/mol. The van der Waals surface area contributed by atoms with E-state index in [1.54, 1.807) is 0 Å². The van der Waals surface area contributed by atoms with Gasteiger partial charge in [-0.05, 0) is 12.8 Å². The second-order valence-corrected chi connectivity index (χ2v) is 9.37. The van der Waals surface area contributed by atoms with Crippen LogP contribution in [0.5, 0.6) is 0 Å². The van der Waals surface area contributed by atoms with Crippen molar-refractivity contribution in [3.8, 4) is 0 Å². The number of esters is 2. The van der Waals surface area contributed by atoms with Crippen molar-refractivity contribution in [3.63, 3.8) is 0 Å². The molecule has 0 fully saturated rings. The monoisotopic (exact) mass is 488 g/mol. The second-order valence-electron chi connectivity index (χ2n) is 7.82. The van der Waals surface area contributed by atoms with E-state index in [9.17, 15) is 22.6 Å². The second kappa shape index (κ2) is 22.3. The molecule has 0 radical (unpaired) electrons. The molecule has 1 unspecified atom stereocenters. The zero-order valence-corrected chi connectivity index (χ0v) is 23.8. The molecule has 0 saturated carbocycles. The molecule has 0 aliphatic heterocycles. The van der Waals surface area contributed by atoms with Gasteiger partial charge in [0.05, 0.1) is 19.6 Å². The van der Waals surface area contributed by atoms with E-state index in [2.05, 4.69) is 13.8 Å². The minimum atomic E-state index is -4.99. The minimum absolute atomic E-state index is 0. The predicted octanol–water partition coefficient (Wildman–Crippen LogP) is 1.88. The van der Waals surface area contributed by atoms with Gasteiger partial charge in [-0.1, -0.05) is 90.9 Å². The van der Waals surface area contributed by atoms with E-state index in [0.29, 0.717) is 12.8 Å². The van der Waals surface area contributed by atoms with Crippen LogP contribution in [0.25, 0.3) is 0 Å². The Morgan fingerprint density at radius 1 is 0.710 bits per heavy atom. The summed E-state index contributed by atoms with van der Waals surface area (Å²) in [7, 11) is -4.99. The average molecular weight is 489 g/mol. The van der Waals surface area contributed by atoms with Gasteiger partial charge >= 0.3 is 63.3 Å². The van der Waals surface area contributed by atoms with Crippen LogP contribution in [0.3, 0.4) is 0 Å². The molecule has 0 aromatic rings. The summed E-state index contributed by atoms with van der Waals surface area (Å²) >= 11 is 0. The third kappa shape index (κ3) is 20.8. The third-order valence-corrected chi connectivity index (χ3v) is 6.02. The summed E-state index contributed by atoms with van der Waals surface area (Å²) in [6.45, 7) is 4.50. The summed E-state index contributed by atoms with van der Waals surface area (Å²) in [5.74, 6) is -2.03. The molecule has 0 spiro atoms. The van der Waals surface area contributed by atoms with Crippen LogP contribution >= 0.6 is 0 Å². The molecule has 0 saturated heterocycles. The van der Waals surface area contributed by atoms with Crippen molar-refractivity contribution >= 4 is 22.1 Å². The van der Waals surface area contributed by atoms with Crippen molar-refractivity contribution in [2.75, 3.05) is 13.2 Å². The fourth-order valence-electron chi connectivity index (χ4n) is 3.08. The van der Waals surface area contributed by atoms with Gasteiger partial charge in [0, 0.05) is 0 Å². The number of hydrogen-bond acceptors (Lipinski definition) is 7. The summed E-state index contributed by atoms with van der Waals surface area (Å²) < 4.78 is 44.1. The normalized spacial score (nSPS) is 12.1. The molecule has 1 atom stereocenters. The number of ether oxygens (including phenoxy) is 2. The van der Waals surface area contributed by atoms with E-state index in [1.807, 2.05) is 0 Å². The van der Waals surface area contributed by atoms with Gasteiger partial charge in [0.25, 0.3) is 0 Å². The molecule has 0 aliphatic rings. The number of carbonyl (C=O) groups is 2. The van der Waals surface area contributed by atoms with Crippen molar-refractivity contribution < 1.29 is 83.4 Å². The van der Waals surface area contributed by atoms with Crippen LogP contribution in [-0.2, 0) is 29.2 Å². The van der Waals surface area contributed by atoms with E-state index in [0.717, 1.165) is 38.5 Å². The molecule has 31 heavy (non-hydrogen) atoms. The fraction of sp³-hybridized carbons (Fsp3) is 0.909. The molecule has 7 nitrogen and oxygen atoms in total. The Kier molecular flexibility index (Phi) is 24.2. The Balaban J connectivity index is 0. The Bertz CT molecular complexity index is 552. The number of hydrogen-bond donors (Lipinski definition) is 0. The molecular formula is C22H41KO7S. The molecule has 9 heteroatoms. The minimum Gasteiger partial charge on any atom is -0.747 e. The molecule has 0 amide bonds. The molecular weight excluding hydrogens is 447 g/mol. The Morgan fingerprint density at radius 3 is 1.52 bits per heavy atom. The first-order chi connectivity index (χ1) is 14.3. The summed E-state index contributed by atoms with van der Waals surface area (Å²) in [6, 6.07) is 0. The smallest absolute Gasteiger partial charge is 0.747 e. The SMILES string of the molecule is CCCCCCCCCOC(=O)CC(C(=O)OCCCCCCCCC)S(=O)(=O)[O-].[K+]. The van der Waals surface area contributed by atoms with Crippen molar-refractivity contribution in [2.45, 2.75) is 115 Å². The van der Waals surface area contributed by atoms with Crippen LogP contribution < -0.4 is 51.4 Å². The number of carbonyl (C=O) groups excluding carboxylic acids is 2. The zero-order chi connectivity index (χ0) is 22.7. The number of rotatable bonds is 20. The van der Waals surface area contributed by atoms with Crippen LogP contribution in [0.1, 0.15) is 110 Å². The van der Waals surface area contributed by atoms with E-state index in [4.69, 9.17) is 9.47 Å². The summed E-state index contributed by atoms with van der Waals surface area (Å²) in [6.07, 6.45) is 13.7. The maximum absolute atomic E-state index is 12.0. The van der Waals surface area contributed by atoms with Gasteiger partial charge < -0.3 is 14.0 Å². The van der Waals surface area contributed by atoms with Crippen LogP contribution in [0.15, 0.2) is 0 Å². The molecule has 0 rings (SSSR count). The van der Waals surface area contributed by atoms with E-state index in [1.165, 1.54) is 38.5 Å². The topological polar surface area (TPSA) is 110 Å². The molecule has 178 valence electrons.